The van der Waals surface area contributed by atoms with Gasteiger partial charge in [0.1, 0.15) is 17.4 Å². The van der Waals surface area contributed by atoms with Crippen LogP contribution in [0.2, 0.25) is 0 Å². The predicted molar refractivity (Wildman–Crippen MR) is 134 cm³/mol. The molecule has 0 unspecified atom stereocenters. The van der Waals surface area contributed by atoms with Gasteiger partial charge in [0.05, 0.1) is 29.4 Å². The Labute approximate surface area is 207 Å². The lowest BCUT2D eigenvalue weighted by atomic mass is 10.2. The predicted octanol–water partition coefficient (Wildman–Crippen LogP) is 3.88. The third-order valence-electron chi connectivity index (χ3n) is 6.23. The SMILES string of the molecule is COc1ccc(-c2nc3ccc(C(=O)OCC(=O)N4CCN(c5ccccc5F)CC4)cc3[nH]2)cc1. The first-order valence-corrected chi connectivity index (χ1v) is 11.6. The van der Waals surface area contributed by atoms with Crippen LogP contribution in [0.1, 0.15) is 10.4 Å². The second-order valence-corrected chi connectivity index (χ2v) is 8.44. The number of H-pyrrole nitrogens is 1. The van der Waals surface area contributed by atoms with Crippen LogP contribution in [0.5, 0.6) is 5.75 Å². The number of ether oxygens (including phenoxy) is 2. The largest absolute Gasteiger partial charge is 0.497 e. The van der Waals surface area contributed by atoms with Gasteiger partial charge in [0, 0.05) is 31.7 Å². The van der Waals surface area contributed by atoms with Gasteiger partial charge in [0.2, 0.25) is 0 Å². The highest BCUT2D eigenvalue weighted by atomic mass is 19.1. The zero-order chi connectivity index (χ0) is 25.1. The smallest absolute Gasteiger partial charge is 0.338 e. The number of amides is 1. The highest BCUT2D eigenvalue weighted by molar-refractivity contribution is 5.95. The minimum Gasteiger partial charge on any atom is -0.497 e. The van der Waals surface area contributed by atoms with E-state index in [2.05, 4.69) is 9.97 Å². The molecule has 0 spiro atoms. The van der Waals surface area contributed by atoms with Gasteiger partial charge < -0.3 is 24.3 Å². The first-order chi connectivity index (χ1) is 17.5. The Morgan fingerprint density at radius 1 is 1.00 bits per heavy atom. The quantitative estimate of drug-likeness (QED) is 0.415. The highest BCUT2D eigenvalue weighted by Crippen LogP contribution is 2.24. The van der Waals surface area contributed by atoms with Crippen molar-refractivity contribution in [2.24, 2.45) is 0 Å². The Kier molecular flexibility index (Phi) is 6.53. The molecule has 1 aliphatic rings. The number of nitrogens with one attached hydrogen (secondary N) is 1. The van der Waals surface area contributed by atoms with Crippen LogP contribution < -0.4 is 9.64 Å². The van der Waals surface area contributed by atoms with E-state index < -0.39 is 5.97 Å². The van der Waals surface area contributed by atoms with Crippen molar-refractivity contribution < 1.29 is 23.5 Å². The first-order valence-electron chi connectivity index (χ1n) is 11.6. The second kappa shape index (κ2) is 10.1. The number of aromatic amines is 1. The average Bonchev–Trinajstić information content (AvgIpc) is 3.35. The molecule has 9 heteroatoms. The maximum atomic E-state index is 14.0. The molecule has 4 aromatic rings. The van der Waals surface area contributed by atoms with Crippen molar-refractivity contribution in [3.8, 4) is 17.1 Å². The fourth-order valence-corrected chi connectivity index (χ4v) is 4.23. The van der Waals surface area contributed by atoms with Crippen molar-refractivity contribution in [1.29, 1.82) is 0 Å². The first kappa shape index (κ1) is 23.3. The normalized spacial score (nSPS) is 13.6. The van der Waals surface area contributed by atoms with Crippen LogP contribution in [0.4, 0.5) is 10.1 Å². The summed E-state index contributed by atoms with van der Waals surface area (Å²) in [6, 6.07) is 19.1. The standard InChI is InChI=1S/C27H25FN4O4/c1-35-20-9-6-18(7-10-20)26-29-22-11-8-19(16-23(22)30-26)27(34)36-17-25(33)32-14-12-31(13-15-32)24-5-3-2-4-21(24)28/h2-11,16H,12-15,17H2,1H3,(H,29,30). The lowest BCUT2D eigenvalue weighted by Crippen LogP contribution is -2.50. The molecule has 0 aliphatic carbocycles. The molecule has 0 bridgehead atoms. The maximum absolute atomic E-state index is 14.0. The van der Waals surface area contributed by atoms with Gasteiger partial charge >= 0.3 is 5.97 Å². The number of fused-ring (bicyclic) bond motifs is 1. The second-order valence-electron chi connectivity index (χ2n) is 8.44. The van der Waals surface area contributed by atoms with Crippen LogP contribution in [0.25, 0.3) is 22.4 Å². The Morgan fingerprint density at radius 3 is 2.47 bits per heavy atom. The van der Waals surface area contributed by atoms with Gasteiger partial charge in [-0.25, -0.2) is 14.2 Å². The van der Waals surface area contributed by atoms with E-state index in [9.17, 15) is 14.0 Å². The van der Waals surface area contributed by atoms with Gasteiger partial charge in [-0.1, -0.05) is 12.1 Å². The fourth-order valence-electron chi connectivity index (χ4n) is 4.23. The Hall–Kier alpha value is -4.40. The summed E-state index contributed by atoms with van der Waals surface area (Å²) in [6.45, 7) is 1.52. The summed E-state index contributed by atoms with van der Waals surface area (Å²) in [5, 5.41) is 0. The van der Waals surface area contributed by atoms with E-state index in [1.54, 1.807) is 48.4 Å². The molecule has 1 fully saturated rings. The Balaban J connectivity index is 1.17. The third-order valence-corrected chi connectivity index (χ3v) is 6.23. The molecular formula is C27H25FN4O4. The monoisotopic (exact) mass is 488 g/mol. The average molecular weight is 489 g/mol. The summed E-state index contributed by atoms with van der Waals surface area (Å²) in [5.41, 5.74) is 3.13. The number of hydrogen-bond donors (Lipinski definition) is 1. The molecule has 8 nitrogen and oxygen atoms in total. The summed E-state index contributed by atoms with van der Waals surface area (Å²) in [6.07, 6.45) is 0. The van der Waals surface area contributed by atoms with E-state index in [-0.39, 0.29) is 18.3 Å². The maximum Gasteiger partial charge on any atom is 0.338 e. The van der Waals surface area contributed by atoms with E-state index in [4.69, 9.17) is 9.47 Å². The number of carbonyl (C=O) groups is 2. The number of methoxy groups -OCH3 is 1. The molecule has 1 amide bonds. The Bertz CT molecular complexity index is 1390. The number of hydrogen-bond acceptors (Lipinski definition) is 6. The number of anilines is 1. The van der Waals surface area contributed by atoms with Crippen molar-refractivity contribution in [3.63, 3.8) is 0 Å². The molecular weight excluding hydrogens is 463 g/mol. The summed E-state index contributed by atoms with van der Waals surface area (Å²) in [4.78, 5) is 36.5. The van der Waals surface area contributed by atoms with E-state index in [0.29, 0.717) is 54.3 Å². The van der Waals surface area contributed by atoms with E-state index in [1.165, 1.54) is 6.07 Å². The number of esters is 1. The molecule has 2 heterocycles. The lowest BCUT2D eigenvalue weighted by Gasteiger charge is -2.36. The molecule has 5 rings (SSSR count). The summed E-state index contributed by atoms with van der Waals surface area (Å²) in [7, 11) is 1.61. The van der Waals surface area contributed by atoms with Gasteiger partial charge in [-0.3, -0.25) is 4.79 Å². The number of aromatic nitrogens is 2. The number of piperazine rings is 1. The molecule has 1 aliphatic heterocycles. The van der Waals surface area contributed by atoms with Gasteiger partial charge in [0.15, 0.2) is 6.61 Å². The number of rotatable bonds is 6. The van der Waals surface area contributed by atoms with Gasteiger partial charge in [0.25, 0.3) is 5.91 Å². The van der Waals surface area contributed by atoms with Crippen LogP contribution >= 0.6 is 0 Å². The zero-order valence-electron chi connectivity index (χ0n) is 19.7. The number of nitrogens with zero attached hydrogens (tertiary/aromatic N) is 3. The summed E-state index contributed by atoms with van der Waals surface area (Å²) in [5.74, 6) is 0.276. The summed E-state index contributed by atoms with van der Waals surface area (Å²) < 4.78 is 24.5. The van der Waals surface area contributed by atoms with Crippen molar-refractivity contribution in [2.75, 3.05) is 44.8 Å². The van der Waals surface area contributed by atoms with Crippen LogP contribution in [0.15, 0.2) is 66.7 Å². The molecule has 1 aromatic heterocycles. The number of imidazole rings is 1. The minimum absolute atomic E-state index is 0.277. The van der Waals surface area contributed by atoms with Crippen molar-refractivity contribution in [3.05, 3.63) is 78.1 Å². The molecule has 0 radical (unpaired) electrons. The third kappa shape index (κ3) is 4.86. The molecule has 1 saturated heterocycles. The Morgan fingerprint density at radius 2 is 1.75 bits per heavy atom. The van der Waals surface area contributed by atoms with Crippen LogP contribution in [-0.4, -0.2) is 66.6 Å². The van der Waals surface area contributed by atoms with Crippen molar-refractivity contribution in [2.45, 2.75) is 0 Å². The molecule has 184 valence electrons. The van der Waals surface area contributed by atoms with Crippen LogP contribution in [0, 0.1) is 5.82 Å². The molecule has 3 aromatic carbocycles. The molecule has 36 heavy (non-hydrogen) atoms. The van der Waals surface area contributed by atoms with Crippen LogP contribution in [-0.2, 0) is 9.53 Å². The number of halogens is 1. The lowest BCUT2D eigenvalue weighted by molar-refractivity contribution is -0.134. The topological polar surface area (TPSA) is 87.8 Å². The van der Waals surface area contributed by atoms with Gasteiger partial charge in [-0.2, -0.15) is 0 Å². The van der Waals surface area contributed by atoms with Crippen molar-refractivity contribution >= 4 is 28.6 Å². The van der Waals surface area contributed by atoms with Crippen molar-refractivity contribution in [1.82, 2.24) is 14.9 Å². The number of para-hydroxylation sites is 1. The molecule has 0 saturated carbocycles. The van der Waals surface area contributed by atoms with Crippen LogP contribution in [0.3, 0.4) is 0 Å². The highest BCUT2D eigenvalue weighted by Gasteiger charge is 2.23. The van der Waals surface area contributed by atoms with Gasteiger partial charge in [-0.15, -0.1) is 0 Å². The minimum atomic E-state index is -0.587. The number of carbonyl (C=O) groups excluding carboxylic acids is 2. The van der Waals surface area contributed by atoms with E-state index in [1.807, 2.05) is 29.2 Å². The zero-order valence-corrected chi connectivity index (χ0v) is 19.7. The fraction of sp³-hybridized carbons (Fsp3) is 0.222. The van der Waals surface area contributed by atoms with E-state index >= 15 is 0 Å². The number of benzene rings is 3. The van der Waals surface area contributed by atoms with E-state index in [0.717, 1.165) is 11.3 Å². The molecule has 0 atom stereocenters. The summed E-state index contributed by atoms with van der Waals surface area (Å²) >= 11 is 0. The van der Waals surface area contributed by atoms with Gasteiger partial charge in [-0.05, 0) is 54.6 Å². The molecule has 1 N–H and O–H groups in total.